The van der Waals surface area contributed by atoms with Gasteiger partial charge in [0.1, 0.15) is 0 Å². The number of hydrogen-bond donors (Lipinski definition) is 0. The van der Waals surface area contributed by atoms with E-state index in [9.17, 15) is 0 Å². The van der Waals surface area contributed by atoms with E-state index < -0.39 is 0 Å². The molecule has 0 bridgehead atoms. The van der Waals surface area contributed by atoms with Crippen LogP contribution in [0.4, 0.5) is 0 Å². The molecule has 1 rings (SSSR count). The van der Waals surface area contributed by atoms with Gasteiger partial charge in [-0.25, -0.2) is 4.98 Å². The number of rotatable bonds is 2. The Morgan fingerprint density at radius 3 is 3.00 bits per heavy atom. The lowest BCUT2D eigenvalue weighted by Crippen LogP contribution is -1.99. The van der Waals surface area contributed by atoms with Gasteiger partial charge in [0.25, 0.3) is 0 Å². The highest BCUT2D eigenvalue weighted by atomic mass is 79.9. The second-order valence-corrected chi connectivity index (χ2v) is 2.79. The van der Waals surface area contributed by atoms with Crippen LogP contribution in [0.15, 0.2) is 29.8 Å². The maximum absolute atomic E-state index is 4.02. The van der Waals surface area contributed by atoms with Crippen molar-refractivity contribution in [1.29, 1.82) is 0 Å². The van der Waals surface area contributed by atoms with Gasteiger partial charge < -0.3 is 4.57 Å². The number of hydrogen-bond acceptors (Lipinski definition) is 1. The van der Waals surface area contributed by atoms with Crippen LogP contribution >= 0.6 is 15.9 Å². The second kappa shape index (κ2) is 3.01. The van der Waals surface area contributed by atoms with Crippen molar-refractivity contribution in [1.82, 2.24) is 9.55 Å². The molecule has 1 heterocycles. The first-order valence-electron chi connectivity index (χ1n) is 3.06. The molecule has 0 aliphatic heterocycles. The van der Waals surface area contributed by atoms with E-state index in [-0.39, 0.29) is 0 Å². The van der Waals surface area contributed by atoms with E-state index in [0.29, 0.717) is 6.04 Å². The molecule has 0 radical (unpaired) electrons. The Morgan fingerprint density at radius 1 is 1.90 bits per heavy atom. The van der Waals surface area contributed by atoms with Crippen LogP contribution in [0.3, 0.4) is 0 Å². The maximum Gasteiger partial charge on any atom is 0.177 e. The van der Waals surface area contributed by atoms with Crippen molar-refractivity contribution in [3.63, 3.8) is 0 Å². The van der Waals surface area contributed by atoms with Crippen molar-refractivity contribution in [2.45, 2.75) is 13.0 Å². The van der Waals surface area contributed by atoms with Gasteiger partial charge in [-0.05, 0) is 22.9 Å². The van der Waals surface area contributed by atoms with E-state index in [1.165, 1.54) is 0 Å². The van der Waals surface area contributed by atoms with Crippen LogP contribution < -0.4 is 0 Å². The molecular weight excluding hydrogens is 192 g/mol. The van der Waals surface area contributed by atoms with Gasteiger partial charge >= 0.3 is 0 Å². The first-order chi connectivity index (χ1) is 4.75. The second-order valence-electron chi connectivity index (χ2n) is 2.08. The van der Waals surface area contributed by atoms with E-state index in [2.05, 4.69) is 34.4 Å². The van der Waals surface area contributed by atoms with E-state index >= 15 is 0 Å². The van der Waals surface area contributed by atoms with Crippen LogP contribution in [0.1, 0.15) is 13.0 Å². The van der Waals surface area contributed by atoms with Crippen LogP contribution in [-0.2, 0) is 0 Å². The molecule has 0 aromatic carbocycles. The first kappa shape index (κ1) is 7.54. The van der Waals surface area contributed by atoms with E-state index in [1.807, 2.05) is 16.8 Å². The molecule has 0 saturated carbocycles. The first-order valence-corrected chi connectivity index (χ1v) is 3.86. The molecule has 10 heavy (non-hydrogen) atoms. The Labute approximate surface area is 68.7 Å². The minimum absolute atomic E-state index is 0.303. The van der Waals surface area contributed by atoms with Crippen molar-refractivity contribution in [2.75, 3.05) is 0 Å². The van der Waals surface area contributed by atoms with Crippen LogP contribution in [-0.4, -0.2) is 9.55 Å². The van der Waals surface area contributed by atoms with Crippen molar-refractivity contribution < 1.29 is 0 Å². The molecular formula is C7H9BrN2. The third kappa shape index (κ3) is 1.29. The number of allylic oxidation sites excluding steroid dienone is 1. The Morgan fingerprint density at radius 2 is 2.60 bits per heavy atom. The Balaban J connectivity index is 2.92. The Kier molecular flexibility index (Phi) is 2.27. The zero-order chi connectivity index (χ0) is 7.56. The van der Waals surface area contributed by atoms with E-state index in [1.54, 1.807) is 6.20 Å². The van der Waals surface area contributed by atoms with Gasteiger partial charge in [-0.2, -0.15) is 0 Å². The summed E-state index contributed by atoms with van der Waals surface area (Å²) in [4.78, 5) is 4.02. The summed E-state index contributed by atoms with van der Waals surface area (Å²) in [7, 11) is 0. The predicted octanol–water partition coefficient (Wildman–Crippen LogP) is 2.39. The molecule has 0 fully saturated rings. The molecule has 0 amide bonds. The molecule has 2 nitrogen and oxygen atoms in total. The standard InChI is InChI=1S/C7H9BrN2/c1-3-6(2)10-5-4-9-7(10)8/h3-6H,1H2,2H3. The van der Waals surface area contributed by atoms with Gasteiger partial charge in [-0.3, -0.25) is 0 Å². The van der Waals surface area contributed by atoms with Crippen molar-refractivity contribution in [3.05, 3.63) is 29.8 Å². The zero-order valence-electron chi connectivity index (χ0n) is 5.79. The average Bonchev–Trinajstić information content (AvgIpc) is 2.34. The number of aromatic nitrogens is 2. The molecule has 3 heteroatoms. The third-order valence-corrected chi connectivity index (χ3v) is 2.02. The number of nitrogens with zero attached hydrogens (tertiary/aromatic N) is 2. The highest BCUT2D eigenvalue weighted by molar-refractivity contribution is 9.10. The fraction of sp³-hybridized carbons (Fsp3) is 0.286. The van der Waals surface area contributed by atoms with Gasteiger partial charge in [-0.1, -0.05) is 6.08 Å². The fourth-order valence-corrected chi connectivity index (χ4v) is 1.27. The Bertz CT molecular complexity index is 229. The summed E-state index contributed by atoms with van der Waals surface area (Å²) in [5, 5.41) is 0. The smallest absolute Gasteiger partial charge is 0.177 e. The van der Waals surface area contributed by atoms with E-state index in [4.69, 9.17) is 0 Å². The fourth-order valence-electron chi connectivity index (χ4n) is 0.712. The maximum atomic E-state index is 4.02. The highest BCUT2D eigenvalue weighted by Gasteiger charge is 2.01. The molecule has 1 aromatic heterocycles. The molecule has 0 N–H and O–H groups in total. The molecule has 1 unspecified atom stereocenters. The lowest BCUT2D eigenvalue weighted by atomic mass is 10.3. The topological polar surface area (TPSA) is 17.8 Å². The van der Waals surface area contributed by atoms with Gasteiger partial charge in [-0.15, -0.1) is 6.58 Å². The largest absolute Gasteiger partial charge is 0.319 e. The molecule has 0 aliphatic carbocycles. The van der Waals surface area contributed by atoms with Crippen LogP contribution in [0.25, 0.3) is 0 Å². The summed E-state index contributed by atoms with van der Waals surface area (Å²) in [6, 6.07) is 0.303. The van der Waals surface area contributed by atoms with Crippen molar-refractivity contribution >= 4 is 15.9 Å². The normalized spacial score (nSPS) is 13.0. The number of halogens is 1. The number of imidazole rings is 1. The molecule has 54 valence electrons. The Hall–Kier alpha value is -0.570. The monoisotopic (exact) mass is 200 g/mol. The molecule has 1 atom stereocenters. The third-order valence-electron chi connectivity index (χ3n) is 1.40. The lowest BCUT2D eigenvalue weighted by Gasteiger charge is -2.07. The molecule has 0 saturated heterocycles. The lowest BCUT2D eigenvalue weighted by molar-refractivity contribution is 0.646. The van der Waals surface area contributed by atoms with Crippen LogP contribution in [0, 0.1) is 0 Å². The van der Waals surface area contributed by atoms with Crippen LogP contribution in [0.2, 0.25) is 0 Å². The van der Waals surface area contributed by atoms with Crippen LogP contribution in [0.5, 0.6) is 0 Å². The minimum atomic E-state index is 0.303. The SMILES string of the molecule is C=CC(C)n1ccnc1Br. The summed E-state index contributed by atoms with van der Waals surface area (Å²) in [5.74, 6) is 0. The van der Waals surface area contributed by atoms with Crippen molar-refractivity contribution in [3.8, 4) is 0 Å². The van der Waals surface area contributed by atoms with Gasteiger partial charge in [0.15, 0.2) is 4.73 Å². The molecule has 1 aromatic rings. The molecule has 0 spiro atoms. The highest BCUT2D eigenvalue weighted by Crippen LogP contribution is 2.13. The summed E-state index contributed by atoms with van der Waals surface area (Å²) in [6.07, 6.45) is 5.53. The zero-order valence-corrected chi connectivity index (χ0v) is 7.37. The quantitative estimate of drug-likeness (QED) is 0.671. The summed E-state index contributed by atoms with van der Waals surface area (Å²) in [5.41, 5.74) is 0. The minimum Gasteiger partial charge on any atom is -0.319 e. The van der Waals surface area contributed by atoms with Gasteiger partial charge in [0.2, 0.25) is 0 Å². The van der Waals surface area contributed by atoms with Gasteiger partial charge in [0.05, 0.1) is 6.04 Å². The van der Waals surface area contributed by atoms with Gasteiger partial charge in [0, 0.05) is 12.4 Å². The average molecular weight is 201 g/mol. The summed E-state index contributed by atoms with van der Waals surface area (Å²) < 4.78 is 2.84. The summed E-state index contributed by atoms with van der Waals surface area (Å²) in [6.45, 7) is 5.74. The van der Waals surface area contributed by atoms with Crippen molar-refractivity contribution in [2.24, 2.45) is 0 Å². The summed E-state index contributed by atoms with van der Waals surface area (Å²) >= 11 is 3.31. The predicted molar refractivity (Wildman–Crippen MR) is 44.8 cm³/mol. The van der Waals surface area contributed by atoms with E-state index in [0.717, 1.165) is 4.73 Å². The molecule has 0 aliphatic rings.